The normalized spacial score (nSPS) is 26.0. The molecule has 8 heteroatoms. The lowest BCUT2D eigenvalue weighted by atomic mass is 9.64. The predicted molar refractivity (Wildman–Crippen MR) is 183 cm³/mol. The van der Waals surface area contributed by atoms with Crippen LogP contribution < -0.4 is 4.90 Å². The third-order valence-corrected chi connectivity index (χ3v) is 10.5. The van der Waals surface area contributed by atoms with Crippen molar-refractivity contribution >= 4 is 34.2 Å². The van der Waals surface area contributed by atoms with E-state index in [1.807, 2.05) is 79.7 Å². The predicted octanol–water partition coefficient (Wildman–Crippen LogP) is 5.50. The third kappa shape index (κ3) is 5.57. The van der Waals surface area contributed by atoms with Crippen LogP contribution >= 0.6 is 0 Å². The third-order valence-electron chi connectivity index (χ3n) is 10.5. The van der Waals surface area contributed by atoms with Gasteiger partial charge in [-0.25, -0.2) is 0 Å². The van der Waals surface area contributed by atoms with Crippen LogP contribution in [0, 0.1) is 11.8 Å². The van der Waals surface area contributed by atoms with Gasteiger partial charge in [0.1, 0.15) is 11.6 Å². The zero-order valence-electron chi connectivity index (χ0n) is 27.2. The van der Waals surface area contributed by atoms with Gasteiger partial charge < -0.3 is 24.5 Å². The molecule has 1 spiro atoms. The van der Waals surface area contributed by atoms with Crippen LogP contribution in [0.15, 0.2) is 98.1 Å². The quantitative estimate of drug-likeness (QED) is 0.187. The Hall–Kier alpha value is -4.27. The number of likely N-dealkylation sites (tertiary alicyclic amines) is 1. The molecule has 3 aliphatic heterocycles. The maximum atomic E-state index is 15.0. The summed E-state index contributed by atoms with van der Waals surface area (Å²) in [6.07, 6.45) is 6.07. The molecule has 0 radical (unpaired) electrons. The van der Waals surface area contributed by atoms with Crippen molar-refractivity contribution in [2.45, 2.75) is 62.8 Å². The van der Waals surface area contributed by atoms with Crippen molar-refractivity contribution in [1.29, 1.82) is 0 Å². The molecule has 3 amide bonds. The van der Waals surface area contributed by atoms with Crippen LogP contribution in [0.5, 0.6) is 0 Å². The Labute approximate surface area is 277 Å². The highest BCUT2D eigenvalue weighted by Gasteiger charge is 2.79. The van der Waals surface area contributed by atoms with Gasteiger partial charge in [-0.1, -0.05) is 79.7 Å². The van der Waals surface area contributed by atoms with Crippen molar-refractivity contribution in [1.82, 2.24) is 9.80 Å². The molecule has 0 aromatic heterocycles. The minimum absolute atomic E-state index is 0.0125. The summed E-state index contributed by atoms with van der Waals surface area (Å²) in [6.45, 7) is 11.1. The molecule has 6 rings (SSSR count). The Morgan fingerprint density at radius 3 is 2.38 bits per heavy atom. The van der Waals surface area contributed by atoms with E-state index in [9.17, 15) is 19.5 Å². The van der Waals surface area contributed by atoms with E-state index in [1.54, 1.807) is 26.9 Å². The number of carbonyl (C=O) groups is 3. The number of fused-ring (bicyclic) bond motifs is 2. The standard InChI is InChI=1S/C39H45N3O5/c1-4-22-40(27-28-14-8-7-9-15-28)35(44)32-33-36(45)42(24-12-13-25-43)34(39(33)21-20-38(32,6-3)47-39)37(46)41(23-5-2)31-19-18-29-16-10-11-17-30(29)26-31/h4-5,7-11,14-19,26,32-34,43H,1-2,6,12-13,20-25,27H2,3H3/t32-,33+,34?,38+,39?/m1/s1. The van der Waals surface area contributed by atoms with E-state index in [0.29, 0.717) is 50.9 Å². The Morgan fingerprint density at radius 1 is 0.957 bits per heavy atom. The highest BCUT2D eigenvalue weighted by molar-refractivity contribution is 6.06. The van der Waals surface area contributed by atoms with Crippen molar-refractivity contribution in [3.05, 3.63) is 104 Å². The topological polar surface area (TPSA) is 90.4 Å². The van der Waals surface area contributed by atoms with Gasteiger partial charge in [0.05, 0.1) is 17.4 Å². The SMILES string of the molecule is C=CCN(Cc1ccccc1)C(=O)[C@H]1[C@H]2C(=O)N(CCCCO)C(C(=O)N(CC=C)c3ccc4ccccc4c3)C23CC[C@]1(CC)O3. The summed E-state index contributed by atoms with van der Waals surface area (Å²) in [5, 5.41) is 11.6. The molecule has 3 heterocycles. The fourth-order valence-electron chi connectivity index (χ4n) is 8.34. The number of hydrogen-bond donors (Lipinski definition) is 1. The second kappa shape index (κ2) is 13.5. The Bertz CT molecular complexity index is 1660. The van der Waals surface area contributed by atoms with E-state index in [4.69, 9.17) is 4.74 Å². The van der Waals surface area contributed by atoms with Crippen molar-refractivity contribution in [2.75, 3.05) is 31.1 Å². The molecule has 0 saturated carbocycles. The van der Waals surface area contributed by atoms with E-state index in [0.717, 1.165) is 16.3 Å². The average molecular weight is 636 g/mol. The Kier molecular flexibility index (Phi) is 9.35. The van der Waals surface area contributed by atoms with E-state index < -0.39 is 29.1 Å². The van der Waals surface area contributed by atoms with Gasteiger partial charge in [-0.3, -0.25) is 14.4 Å². The monoisotopic (exact) mass is 635 g/mol. The van der Waals surface area contributed by atoms with Gasteiger partial charge >= 0.3 is 0 Å². The first-order chi connectivity index (χ1) is 22.8. The fraction of sp³-hybridized carbons (Fsp3) is 0.410. The molecule has 0 aliphatic carbocycles. The minimum atomic E-state index is -1.15. The molecule has 3 aromatic rings. The molecule has 8 nitrogen and oxygen atoms in total. The second-order valence-corrected chi connectivity index (χ2v) is 13.1. The van der Waals surface area contributed by atoms with Crippen LogP contribution in [-0.4, -0.2) is 76.1 Å². The van der Waals surface area contributed by atoms with Gasteiger partial charge in [-0.2, -0.15) is 0 Å². The maximum Gasteiger partial charge on any atom is 0.253 e. The van der Waals surface area contributed by atoms with Gasteiger partial charge in [0.15, 0.2) is 0 Å². The first-order valence-corrected chi connectivity index (χ1v) is 16.8. The summed E-state index contributed by atoms with van der Waals surface area (Å²) in [4.78, 5) is 49.5. The first-order valence-electron chi connectivity index (χ1n) is 16.8. The molecule has 2 bridgehead atoms. The van der Waals surface area contributed by atoms with E-state index in [-0.39, 0.29) is 37.4 Å². The fourth-order valence-corrected chi connectivity index (χ4v) is 8.34. The summed E-state index contributed by atoms with van der Waals surface area (Å²) >= 11 is 0. The number of amides is 3. The van der Waals surface area contributed by atoms with Gasteiger partial charge in [0.25, 0.3) is 5.91 Å². The number of aliphatic hydroxyl groups excluding tert-OH is 1. The minimum Gasteiger partial charge on any atom is -0.396 e. The number of rotatable bonds is 14. The average Bonchev–Trinajstić information content (AvgIpc) is 3.70. The van der Waals surface area contributed by atoms with Crippen LogP contribution in [0.3, 0.4) is 0 Å². The molecule has 47 heavy (non-hydrogen) atoms. The zero-order valence-corrected chi connectivity index (χ0v) is 27.2. The Morgan fingerprint density at radius 2 is 1.68 bits per heavy atom. The van der Waals surface area contributed by atoms with Crippen molar-refractivity contribution < 1.29 is 24.2 Å². The summed E-state index contributed by atoms with van der Waals surface area (Å²) in [5.41, 5.74) is -0.303. The highest BCUT2D eigenvalue weighted by Crippen LogP contribution is 2.64. The first kappa shape index (κ1) is 32.7. The number of ether oxygens (including phenoxy) is 1. The van der Waals surface area contributed by atoms with E-state index in [1.165, 1.54) is 0 Å². The highest BCUT2D eigenvalue weighted by atomic mass is 16.5. The van der Waals surface area contributed by atoms with Crippen LogP contribution in [0.2, 0.25) is 0 Å². The lowest BCUT2D eigenvalue weighted by Gasteiger charge is -2.37. The number of carbonyl (C=O) groups excluding carboxylic acids is 3. The number of hydrogen-bond acceptors (Lipinski definition) is 5. The maximum absolute atomic E-state index is 15.0. The summed E-state index contributed by atoms with van der Waals surface area (Å²) in [6, 6.07) is 22.8. The van der Waals surface area contributed by atoms with Crippen LogP contribution in [-0.2, 0) is 25.7 Å². The molecule has 3 fully saturated rings. The van der Waals surface area contributed by atoms with Gasteiger partial charge in [-0.05, 0) is 60.6 Å². The number of unbranched alkanes of at least 4 members (excludes halogenated alkanes) is 1. The smallest absolute Gasteiger partial charge is 0.253 e. The Balaban J connectivity index is 1.41. The van der Waals surface area contributed by atoms with Crippen molar-refractivity contribution in [2.24, 2.45) is 11.8 Å². The van der Waals surface area contributed by atoms with Gasteiger partial charge in [0, 0.05) is 38.5 Å². The molecule has 3 aromatic carbocycles. The summed E-state index contributed by atoms with van der Waals surface area (Å²) < 4.78 is 7.05. The molecule has 3 aliphatic rings. The lowest BCUT2D eigenvalue weighted by molar-refractivity contribution is -0.151. The van der Waals surface area contributed by atoms with E-state index >= 15 is 0 Å². The van der Waals surface area contributed by atoms with Gasteiger partial charge in [-0.15, -0.1) is 13.2 Å². The summed E-state index contributed by atoms with van der Waals surface area (Å²) in [7, 11) is 0. The zero-order chi connectivity index (χ0) is 33.2. The molecule has 1 N–H and O–H groups in total. The van der Waals surface area contributed by atoms with Crippen LogP contribution in [0.4, 0.5) is 5.69 Å². The molecule has 2 unspecified atom stereocenters. The second-order valence-electron chi connectivity index (χ2n) is 13.1. The van der Waals surface area contributed by atoms with Crippen molar-refractivity contribution in [3.8, 4) is 0 Å². The number of aliphatic hydroxyl groups is 1. The largest absolute Gasteiger partial charge is 0.396 e. The lowest BCUT2D eigenvalue weighted by Crippen LogP contribution is -2.56. The number of benzene rings is 3. The van der Waals surface area contributed by atoms with Crippen LogP contribution in [0.25, 0.3) is 10.8 Å². The summed E-state index contributed by atoms with van der Waals surface area (Å²) in [5.74, 6) is -2.13. The molecular formula is C39H45N3O5. The van der Waals surface area contributed by atoms with Crippen molar-refractivity contribution in [3.63, 3.8) is 0 Å². The van der Waals surface area contributed by atoms with Gasteiger partial charge in [0.2, 0.25) is 11.8 Å². The molecule has 3 saturated heterocycles. The number of anilines is 1. The van der Waals surface area contributed by atoms with Crippen LogP contribution in [0.1, 0.15) is 44.6 Å². The molecular weight excluding hydrogens is 590 g/mol. The molecule has 246 valence electrons. The molecule has 5 atom stereocenters. The van der Waals surface area contributed by atoms with E-state index in [2.05, 4.69) is 13.2 Å². The number of nitrogens with zero attached hydrogens (tertiary/aromatic N) is 3.